The van der Waals surface area contributed by atoms with Crippen LogP contribution in [0.3, 0.4) is 0 Å². The van der Waals surface area contributed by atoms with Crippen molar-refractivity contribution in [2.45, 2.75) is 12.8 Å². The van der Waals surface area contributed by atoms with Gasteiger partial charge in [0.15, 0.2) is 0 Å². The lowest BCUT2D eigenvalue weighted by atomic mass is 9.98. The first-order chi connectivity index (χ1) is 12.6. The smallest absolute Gasteiger partial charge is 0.329 e. The number of hydrogen-bond donors (Lipinski definition) is 0. The first-order valence-corrected chi connectivity index (χ1v) is 8.24. The van der Waals surface area contributed by atoms with Gasteiger partial charge in [-0.2, -0.15) is 0 Å². The maximum absolute atomic E-state index is 12.5. The average molecular weight is 345 g/mol. The molecule has 3 aromatic rings. The number of benzene rings is 3. The molecule has 1 aliphatic rings. The fourth-order valence-electron chi connectivity index (χ4n) is 3.03. The van der Waals surface area contributed by atoms with Crippen molar-refractivity contribution in [3.63, 3.8) is 0 Å². The van der Waals surface area contributed by atoms with Crippen molar-refractivity contribution in [3.05, 3.63) is 83.4 Å². The highest BCUT2D eigenvalue weighted by Crippen LogP contribution is 2.26. The Morgan fingerprint density at radius 1 is 0.846 bits per heavy atom. The van der Waals surface area contributed by atoms with Crippen LogP contribution < -0.4 is 0 Å². The minimum absolute atomic E-state index is 0.239. The summed E-state index contributed by atoms with van der Waals surface area (Å²) in [6, 6.07) is 19.9. The van der Waals surface area contributed by atoms with Crippen molar-refractivity contribution < 1.29 is 19.2 Å². The highest BCUT2D eigenvalue weighted by molar-refractivity contribution is 6.20. The molecule has 0 aliphatic carbocycles. The van der Waals surface area contributed by atoms with Gasteiger partial charge in [0.05, 0.1) is 17.0 Å². The minimum atomic E-state index is -0.658. The zero-order valence-electron chi connectivity index (χ0n) is 14.0. The van der Waals surface area contributed by atoms with Crippen LogP contribution in [-0.2, 0) is 9.63 Å². The van der Waals surface area contributed by atoms with Crippen LogP contribution in [0.1, 0.15) is 39.1 Å². The first-order valence-electron chi connectivity index (χ1n) is 8.24. The van der Waals surface area contributed by atoms with Crippen molar-refractivity contribution in [2.24, 2.45) is 0 Å². The van der Waals surface area contributed by atoms with Crippen molar-refractivity contribution in [1.82, 2.24) is 5.06 Å². The Hall–Kier alpha value is -3.47. The second-order valence-electron chi connectivity index (χ2n) is 6.19. The number of nitrogens with zero attached hydrogens (tertiary/aromatic N) is 1. The summed E-state index contributed by atoms with van der Waals surface area (Å²) in [6.07, 6.45) is 0. The second kappa shape index (κ2) is 6.11. The summed E-state index contributed by atoms with van der Waals surface area (Å²) >= 11 is 0. The molecule has 5 heteroatoms. The molecule has 5 nitrogen and oxygen atoms in total. The van der Waals surface area contributed by atoms with E-state index in [0.717, 1.165) is 16.3 Å². The molecule has 0 spiro atoms. The van der Waals surface area contributed by atoms with Crippen molar-refractivity contribution >= 4 is 28.6 Å². The normalized spacial score (nSPS) is 14.4. The third-order valence-corrected chi connectivity index (χ3v) is 4.57. The Labute approximate surface area is 149 Å². The number of rotatable bonds is 3. The lowest BCUT2D eigenvalue weighted by Crippen LogP contribution is -2.34. The molecular weight excluding hydrogens is 330 g/mol. The van der Waals surface area contributed by atoms with Gasteiger partial charge in [-0.3, -0.25) is 9.59 Å². The van der Waals surface area contributed by atoms with Gasteiger partial charge in [0.2, 0.25) is 0 Å². The van der Waals surface area contributed by atoms with Gasteiger partial charge >= 0.3 is 5.97 Å². The summed E-state index contributed by atoms with van der Waals surface area (Å²) in [5.41, 5.74) is 1.23. The Morgan fingerprint density at radius 3 is 2.08 bits per heavy atom. The van der Waals surface area contributed by atoms with Gasteiger partial charge in [-0.25, -0.2) is 4.79 Å². The summed E-state index contributed by atoms with van der Waals surface area (Å²) in [4.78, 5) is 42.3. The van der Waals surface area contributed by atoms with E-state index in [9.17, 15) is 14.4 Å². The molecule has 0 aromatic heterocycles. The molecule has 2 amide bonds. The van der Waals surface area contributed by atoms with E-state index in [-0.39, 0.29) is 11.1 Å². The van der Waals surface area contributed by atoms with Gasteiger partial charge in [-0.05, 0) is 35.4 Å². The molecule has 0 bridgehead atoms. The third kappa shape index (κ3) is 2.54. The predicted molar refractivity (Wildman–Crippen MR) is 95.4 cm³/mol. The van der Waals surface area contributed by atoms with Crippen LogP contribution in [0, 0.1) is 0 Å². The quantitative estimate of drug-likeness (QED) is 0.679. The van der Waals surface area contributed by atoms with Gasteiger partial charge in [0, 0.05) is 0 Å². The second-order valence-corrected chi connectivity index (χ2v) is 6.19. The standard InChI is InChI=1S/C21H15NO4/c1-13(15-11-10-14-6-2-3-7-16(14)12-15)21(25)26-22-19(23)17-8-4-5-9-18(17)20(22)24/h2-13H,1H3. The molecule has 0 fully saturated rings. The van der Waals surface area contributed by atoms with Crippen molar-refractivity contribution in [3.8, 4) is 0 Å². The van der Waals surface area contributed by atoms with Gasteiger partial charge in [0.1, 0.15) is 0 Å². The zero-order valence-corrected chi connectivity index (χ0v) is 14.0. The average Bonchev–Trinajstić information content (AvgIpc) is 2.92. The summed E-state index contributed by atoms with van der Waals surface area (Å²) in [5.74, 6) is -2.52. The predicted octanol–water partition coefficient (Wildman–Crippen LogP) is 3.70. The molecule has 4 rings (SSSR count). The highest BCUT2D eigenvalue weighted by Gasteiger charge is 2.39. The molecule has 0 saturated heterocycles. The van der Waals surface area contributed by atoms with Crippen LogP contribution in [0.15, 0.2) is 66.7 Å². The van der Waals surface area contributed by atoms with Crippen molar-refractivity contribution in [1.29, 1.82) is 0 Å². The third-order valence-electron chi connectivity index (χ3n) is 4.57. The van der Waals surface area contributed by atoms with Crippen LogP contribution in [0.5, 0.6) is 0 Å². The van der Waals surface area contributed by atoms with E-state index in [4.69, 9.17) is 4.84 Å². The Balaban J connectivity index is 1.56. The van der Waals surface area contributed by atoms with Gasteiger partial charge < -0.3 is 4.84 Å². The van der Waals surface area contributed by atoms with Crippen molar-refractivity contribution in [2.75, 3.05) is 0 Å². The Kier molecular flexibility index (Phi) is 3.77. The van der Waals surface area contributed by atoms with Gasteiger partial charge in [-0.1, -0.05) is 59.7 Å². The fraction of sp³-hybridized carbons (Fsp3) is 0.0952. The maximum atomic E-state index is 12.5. The Morgan fingerprint density at radius 2 is 1.42 bits per heavy atom. The van der Waals surface area contributed by atoms with E-state index < -0.39 is 23.7 Å². The molecule has 1 aliphatic heterocycles. The molecule has 1 atom stereocenters. The number of hydrogen-bond acceptors (Lipinski definition) is 4. The fourth-order valence-corrected chi connectivity index (χ4v) is 3.03. The molecule has 0 saturated carbocycles. The van der Waals surface area contributed by atoms with E-state index in [1.807, 2.05) is 42.5 Å². The molecule has 0 radical (unpaired) electrons. The van der Waals surface area contributed by atoms with Crippen LogP contribution >= 0.6 is 0 Å². The summed E-state index contributed by atoms with van der Waals surface area (Å²) in [6.45, 7) is 1.69. The van der Waals surface area contributed by atoms with E-state index in [1.165, 1.54) is 12.1 Å². The monoisotopic (exact) mass is 345 g/mol. The lowest BCUT2D eigenvalue weighted by Gasteiger charge is -2.17. The summed E-state index contributed by atoms with van der Waals surface area (Å²) in [5, 5.41) is 2.62. The number of hydroxylamine groups is 2. The largest absolute Gasteiger partial charge is 0.340 e. The number of carbonyl (C=O) groups excluding carboxylic acids is 3. The van der Waals surface area contributed by atoms with E-state index in [2.05, 4.69) is 0 Å². The summed E-state index contributed by atoms with van der Waals surface area (Å²) < 4.78 is 0. The SMILES string of the molecule is CC(C(=O)ON1C(=O)c2ccccc2C1=O)c1ccc2ccccc2c1. The molecule has 0 N–H and O–H groups in total. The number of carbonyl (C=O) groups is 3. The van der Waals surface area contributed by atoms with Gasteiger partial charge in [-0.15, -0.1) is 0 Å². The molecule has 128 valence electrons. The zero-order chi connectivity index (χ0) is 18.3. The van der Waals surface area contributed by atoms with E-state index in [0.29, 0.717) is 5.06 Å². The topological polar surface area (TPSA) is 63.7 Å². The Bertz CT molecular complexity index is 1020. The lowest BCUT2D eigenvalue weighted by molar-refractivity contribution is -0.170. The van der Waals surface area contributed by atoms with E-state index in [1.54, 1.807) is 19.1 Å². The van der Waals surface area contributed by atoms with Crippen LogP contribution in [-0.4, -0.2) is 22.8 Å². The highest BCUT2D eigenvalue weighted by atomic mass is 16.7. The minimum Gasteiger partial charge on any atom is -0.329 e. The number of fused-ring (bicyclic) bond motifs is 2. The number of amides is 2. The van der Waals surface area contributed by atoms with Crippen LogP contribution in [0.2, 0.25) is 0 Å². The van der Waals surface area contributed by atoms with Crippen LogP contribution in [0.4, 0.5) is 0 Å². The maximum Gasteiger partial charge on any atom is 0.340 e. The molecular formula is C21H15NO4. The molecule has 1 unspecified atom stereocenters. The first kappa shape index (κ1) is 16.0. The molecule has 26 heavy (non-hydrogen) atoms. The molecule has 3 aromatic carbocycles. The van der Waals surface area contributed by atoms with Gasteiger partial charge in [0.25, 0.3) is 11.8 Å². The number of imide groups is 1. The van der Waals surface area contributed by atoms with E-state index >= 15 is 0 Å². The summed E-state index contributed by atoms with van der Waals surface area (Å²) in [7, 11) is 0. The van der Waals surface area contributed by atoms with Crippen LogP contribution in [0.25, 0.3) is 10.8 Å². The molecule has 1 heterocycles.